The number of unbranched alkanes of at least 4 members (excludes halogenated alkanes) is 7. The van der Waals surface area contributed by atoms with Crippen LogP contribution >= 0.6 is 0 Å². The molecule has 1 atom stereocenters. The standard InChI is InChI=1S/C18H33NO/c1-3-4-5-6-7-8-9-10-15-19-17(2)13-14-18-12-11-16-20-18/h11-12,16-17,19H,3-10,13-15H2,1-2H3. The highest BCUT2D eigenvalue weighted by atomic mass is 16.3. The summed E-state index contributed by atoms with van der Waals surface area (Å²) in [4.78, 5) is 0. The molecule has 0 aromatic carbocycles. The summed E-state index contributed by atoms with van der Waals surface area (Å²) >= 11 is 0. The van der Waals surface area contributed by atoms with Crippen LogP contribution < -0.4 is 5.32 Å². The molecule has 0 spiro atoms. The van der Waals surface area contributed by atoms with Crippen molar-refractivity contribution in [1.29, 1.82) is 0 Å². The zero-order valence-corrected chi connectivity index (χ0v) is 13.5. The summed E-state index contributed by atoms with van der Waals surface area (Å²) in [7, 11) is 0. The fourth-order valence-corrected chi connectivity index (χ4v) is 2.52. The van der Waals surface area contributed by atoms with Gasteiger partial charge in [0, 0.05) is 12.5 Å². The molecule has 2 nitrogen and oxygen atoms in total. The zero-order valence-electron chi connectivity index (χ0n) is 13.5. The van der Waals surface area contributed by atoms with Crippen molar-refractivity contribution < 1.29 is 4.42 Å². The molecule has 1 unspecified atom stereocenters. The minimum absolute atomic E-state index is 0.588. The lowest BCUT2D eigenvalue weighted by molar-refractivity contribution is 0.453. The topological polar surface area (TPSA) is 25.2 Å². The van der Waals surface area contributed by atoms with E-state index in [9.17, 15) is 0 Å². The summed E-state index contributed by atoms with van der Waals surface area (Å²) in [6.07, 6.45) is 15.1. The van der Waals surface area contributed by atoms with Crippen LogP contribution in [0.3, 0.4) is 0 Å². The van der Waals surface area contributed by atoms with Gasteiger partial charge in [-0.05, 0) is 38.4 Å². The molecule has 2 heteroatoms. The Morgan fingerprint density at radius 3 is 2.40 bits per heavy atom. The van der Waals surface area contributed by atoms with E-state index < -0.39 is 0 Å². The molecule has 0 saturated carbocycles. The third-order valence-corrected chi connectivity index (χ3v) is 3.93. The third-order valence-electron chi connectivity index (χ3n) is 3.93. The smallest absolute Gasteiger partial charge is 0.103 e. The summed E-state index contributed by atoms with van der Waals surface area (Å²) in [5, 5.41) is 3.61. The van der Waals surface area contributed by atoms with Gasteiger partial charge in [-0.15, -0.1) is 0 Å². The molecule has 116 valence electrons. The second kappa shape index (κ2) is 12.0. The van der Waals surface area contributed by atoms with E-state index >= 15 is 0 Å². The lowest BCUT2D eigenvalue weighted by atomic mass is 10.1. The van der Waals surface area contributed by atoms with Crippen LogP contribution in [0, 0.1) is 0 Å². The maximum Gasteiger partial charge on any atom is 0.103 e. The van der Waals surface area contributed by atoms with Crippen LogP contribution in [0.4, 0.5) is 0 Å². The SMILES string of the molecule is CCCCCCCCCCNC(C)CCc1ccco1. The molecule has 0 fully saturated rings. The van der Waals surface area contributed by atoms with Gasteiger partial charge in [0.2, 0.25) is 0 Å². The van der Waals surface area contributed by atoms with Gasteiger partial charge >= 0.3 is 0 Å². The first kappa shape index (κ1) is 17.3. The fraction of sp³-hybridized carbons (Fsp3) is 0.778. The highest BCUT2D eigenvalue weighted by molar-refractivity contribution is 4.98. The molecule has 0 saturated heterocycles. The van der Waals surface area contributed by atoms with E-state index in [0.717, 1.165) is 25.1 Å². The number of hydrogen-bond acceptors (Lipinski definition) is 2. The minimum Gasteiger partial charge on any atom is -0.469 e. The summed E-state index contributed by atoms with van der Waals surface area (Å²) < 4.78 is 5.35. The molecule has 0 aliphatic rings. The molecular weight excluding hydrogens is 246 g/mol. The highest BCUT2D eigenvalue weighted by Gasteiger charge is 2.03. The zero-order chi connectivity index (χ0) is 14.5. The molecule has 1 heterocycles. The maximum atomic E-state index is 5.35. The van der Waals surface area contributed by atoms with Crippen LogP contribution in [0.2, 0.25) is 0 Å². The van der Waals surface area contributed by atoms with Crippen LogP contribution in [0.1, 0.15) is 77.4 Å². The van der Waals surface area contributed by atoms with Gasteiger partial charge in [0.15, 0.2) is 0 Å². The van der Waals surface area contributed by atoms with Crippen molar-refractivity contribution >= 4 is 0 Å². The van der Waals surface area contributed by atoms with E-state index in [0.29, 0.717) is 6.04 Å². The Bertz CT molecular complexity index is 294. The number of rotatable bonds is 13. The molecule has 1 N–H and O–H groups in total. The van der Waals surface area contributed by atoms with Gasteiger partial charge in [-0.25, -0.2) is 0 Å². The van der Waals surface area contributed by atoms with Gasteiger partial charge in [0.05, 0.1) is 6.26 Å². The molecule has 20 heavy (non-hydrogen) atoms. The van der Waals surface area contributed by atoms with Crippen molar-refractivity contribution in [1.82, 2.24) is 5.32 Å². The Kier molecular flexibility index (Phi) is 10.4. The van der Waals surface area contributed by atoms with Crippen molar-refractivity contribution in [3.8, 4) is 0 Å². The second-order valence-corrected chi connectivity index (χ2v) is 5.95. The number of nitrogens with one attached hydrogen (secondary N) is 1. The lowest BCUT2D eigenvalue weighted by Crippen LogP contribution is -2.27. The van der Waals surface area contributed by atoms with Crippen molar-refractivity contribution in [3.63, 3.8) is 0 Å². The van der Waals surface area contributed by atoms with E-state index in [1.54, 1.807) is 6.26 Å². The first-order valence-electron chi connectivity index (χ1n) is 8.58. The maximum absolute atomic E-state index is 5.35. The molecular formula is C18H33NO. The Morgan fingerprint density at radius 2 is 1.75 bits per heavy atom. The van der Waals surface area contributed by atoms with Crippen molar-refractivity contribution in [3.05, 3.63) is 24.2 Å². The van der Waals surface area contributed by atoms with Crippen LogP contribution in [0.15, 0.2) is 22.8 Å². The Labute approximate surface area is 125 Å². The second-order valence-electron chi connectivity index (χ2n) is 5.95. The van der Waals surface area contributed by atoms with Crippen molar-refractivity contribution in [2.75, 3.05) is 6.54 Å². The van der Waals surface area contributed by atoms with E-state index in [2.05, 4.69) is 25.2 Å². The van der Waals surface area contributed by atoms with Crippen LogP contribution in [-0.4, -0.2) is 12.6 Å². The van der Waals surface area contributed by atoms with Crippen LogP contribution in [0.25, 0.3) is 0 Å². The molecule has 1 aromatic rings. The van der Waals surface area contributed by atoms with E-state index in [-0.39, 0.29) is 0 Å². The molecule has 0 bridgehead atoms. The van der Waals surface area contributed by atoms with Crippen LogP contribution in [0.5, 0.6) is 0 Å². The van der Waals surface area contributed by atoms with Gasteiger partial charge in [0.25, 0.3) is 0 Å². The highest BCUT2D eigenvalue weighted by Crippen LogP contribution is 2.08. The largest absolute Gasteiger partial charge is 0.469 e. The summed E-state index contributed by atoms with van der Waals surface area (Å²) in [5.74, 6) is 1.10. The molecule has 0 radical (unpaired) electrons. The predicted octanol–water partition coefficient (Wildman–Crippen LogP) is 5.33. The number of aryl methyl sites for hydroxylation is 1. The van der Waals surface area contributed by atoms with Gasteiger partial charge < -0.3 is 9.73 Å². The molecule has 1 aromatic heterocycles. The Balaban J connectivity index is 1.83. The molecule has 0 amide bonds. The van der Waals surface area contributed by atoms with Gasteiger partial charge in [-0.1, -0.05) is 51.9 Å². The van der Waals surface area contributed by atoms with E-state index in [1.165, 1.54) is 51.4 Å². The van der Waals surface area contributed by atoms with Gasteiger partial charge in [-0.2, -0.15) is 0 Å². The average molecular weight is 279 g/mol. The third kappa shape index (κ3) is 9.19. The summed E-state index contributed by atoms with van der Waals surface area (Å²) in [6.45, 7) is 5.71. The molecule has 0 aliphatic carbocycles. The Hall–Kier alpha value is -0.760. The minimum atomic E-state index is 0.588. The molecule has 1 rings (SSSR count). The monoisotopic (exact) mass is 279 g/mol. The number of furan rings is 1. The number of hydrogen-bond donors (Lipinski definition) is 1. The van der Waals surface area contributed by atoms with E-state index in [1.807, 2.05) is 6.07 Å². The normalized spacial score (nSPS) is 12.7. The Morgan fingerprint density at radius 1 is 1.05 bits per heavy atom. The summed E-state index contributed by atoms with van der Waals surface area (Å²) in [6, 6.07) is 4.61. The van der Waals surface area contributed by atoms with E-state index in [4.69, 9.17) is 4.42 Å². The van der Waals surface area contributed by atoms with Gasteiger partial charge in [0.1, 0.15) is 5.76 Å². The van der Waals surface area contributed by atoms with Crippen LogP contribution in [-0.2, 0) is 6.42 Å². The van der Waals surface area contributed by atoms with Crippen molar-refractivity contribution in [2.24, 2.45) is 0 Å². The first-order chi connectivity index (χ1) is 9.83. The molecule has 0 aliphatic heterocycles. The first-order valence-corrected chi connectivity index (χ1v) is 8.58. The van der Waals surface area contributed by atoms with Gasteiger partial charge in [-0.3, -0.25) is 0 Å². The fourth-order valence-electron chi connectivity index (χ4n) is 2.52. The van der Waals surface area contributed by atoms with Crippen molar-refractivity contribution in [2.45, 2.75) is 84.1 Å². The quantitative estimate of drug-likeness (QED) is 0.494. The summed E-state index contributed by atoms with van der Waals surface area (Å²) in [5.41, 5.74) is 0. The predicted molar refractivity (Wildman–Crippen MR) is 87.1 cm³/mol. The lowest BCUT2D eigenvalue weighted by Gasteiger charge is -2.12. The average Bonchev–Trinajstić information content (AvgIpc) is 2.96.